The number of amides is 4. The van der Waals surface area contributed by atoms with Crippen LogP contribution in [0.15, 0.2) is 79.0 Å². The van der Waals surface area contributed by atoms with Crippen molar-refractivity contribution < 1.29 is 33.0 Å². The Labute approximate surface area is 252 Å². The lowest BCUT2D eigenvalue weighted by Gasteiger charge is -2.19. The molecular formula is C32H30FN5O6. The second kappa shape index (κ2) is 12.0. The zero-order chi connectivity index (χ0) is 31.5. The van der Waals surface area contributed by atoms with Gasteiger partial charge >= 0.3 is 6.09 Å². The van der Waals surface area contributed by atoms with Crippen molar-refractivity contribution in [1.82, 2.24) is 15.8 Å². The van der Waals surface area contributed by atoms with Gasteiger partial charge in [-0.05, 0) is 106 Å². The van der Waals surface area contributed by atoms with E-state index in [0.717, 1.165) is 0 Å². The lowest BCUT2D eigenvalue weighted by Crippen LogP contribution is -2.44. The molecule has 0 atom stereocenters. The third-order valence-electron chi connectivity index (χ3n) is 6.70. The van der Waals surface area contributed by atoms with Crippen LogP contribution in [0, 0.1) is 11.2 Å². The molecule has 4 aromatic rings. The van der Waals surface area contributed by atoms with Gasteiger partial charge in [-0.2, -0.15) is 0 Å². The summed E-state index contributed by atoms with van der Waals surface area (Å²) in [7, 11) is 0. The van der Waals surface area contributed by atoms with Gasteiger partial charge in [0.1, 0.15) is 28.3 Å². The van der Waals surface area contributed by atoms with E-state index in [1.807, 2.05) is 0 Å². The monoisotopic (exact) mass is 599 g/mol. The highest BCUT2D eigenvalue weighted by Crippen LogP contribution is 2.47. The smallest absolute Gasteiger partial charge is 0.426 e. The van der Waals surface area contributed by atoms with Crippen LogP contribution in [-0.4, -0.2) is 34.4 Å². The van der Waals surface area contributed by atoms with Gasteiger partial charge in [-0.1, -0.05) is 0 Å². The lowest BCUT2D eigenvalue weighted by atomic mass is 10.0. The van der Waals surface area contributed by atoms with E-state index in [0.29, 0.717) is 46.6 Å². The number of halogens is 1. The molecule has 1 saturated carbocycles. The fraction of sp³-hybridized carbons (Fsp3) is 0.219. The Morgan fingerprint density at radius 3 is 2.02 bits per heavy atom. The molecule has 44 heavy (non-hydrogen) atoms. The molecule has 5 rings (SSSR count). The van der Waals surface area contributed by atoms with Gasteiger partial charge in [-0.15, -0.1) is 0 Å². The van der Waals surface area contributed by atoms with E-state index in [1.54, 1.807) is 75.5 Å². The zero-order valence-corrected chi connectivity index (χ0v) is 24.2. The average Bonchev–Trinajstić information content (AvgIpc) is 3.80. The van der Waals surface area contributed by atoms with Crippen LogP contribution in [0.5, 0.6) is 11.5 Å². The number of carbonyl (C=O) groups excluding carboxylic acids is 4. The van der Waals surface area contributed by atoms with E-state index in [9.17, 15) is 23.6 Å². The fourth-order valence-corrected chi connectivity index (χ4v) is 4.29. The number of hydrogen-bond acceptors (Lipinski definition) is 7. The molecule has 4 N–H and O–H groups in total. The molecule has 0 saturated heterocycles. The largest absolute Gasteiger partial charge is 0.457 e. The maximum absolute atomic E-state index is 13.2. The number of fused-ring (bicyclic) bond motifs is 1. The van der Waals surface area contributed by atoms with E-state index in [-0.39, 0.29) is 5.56 Å². The summed E-state index contributed by atoms with van der Waals surface area (Å²) in [5, 5.41) is 6.11. The fourth-order valence-electron chi connectivity index (χ4n) is 4.29. The van der Waals surface area contributed by atoms with Crippen LogP contribution in [0.1, 0.15) is 44.0 Å². The van der Waals surface area contributed by atoms with Crippen molar-refractivity contribution in [3.05, 3.63) is 90.4 Å². The predicted octanol–water partition coefficient (Wildman–Crippen LogP) is 5.69. The molecule has 4 amide bonds. The molecule has 12 heteroatoms. The summed E-state index contributed by atoms with van der Waals surface area (Å²) in [4.78, 5) is 54.5. The summed E-state index contributed by atoms with van der Waals surface area (Å²) < 4.78 is 24.3. The zero-order valence-electron chi connectivity index (χ0n) is 24.2. The Morgan fingerprint density at radius 1 is 0.818 bits per heavy atom. The molecule has 226 valence electrons. The first-order valence-electron chi connectivity index (χ1n) is 13.8. The van der Waals surface area contributed by atoms with Crippen molar-refractivity contribution in [2.45, 2.75) is 39.2 Å². The maximum atomic E-state index is 13.2. The second-order valence-corrected chi connectivity index (χ2v) is 11.2. The number of anilines is 2. The number of nitrogens with one attached hydrogen (secondary N) is 4. The molecule has 1 aliphatic rings. The molecule has 1 aromatic heterocycles. The summed E-state index contributed by atoms with van der Waals surface area (Å²) in [6, 6.07) is 18.5. The SMILES string of the molecule is CC(C)(C)OC(=O)NNC(=O)c1ccc2c(Oc3ccc(NC(=O)C4(C(=O)Nc5ccc(F)cc5)CC4)cc3)ccnc2c1. The van der Waals surface area contributed by atoms with E-state index in [2.05, 4.69) is 26.5 Å². The molecule has 0 unspecified atom stereocenters. The number of aromatic nitrogens is 1. The third kappa shape index (κ3) is 7.09. The van der Waals surface area contributed by atoms with Gasteiger partial charge in [0.15, 0.2) is 0 Å². The van der Waals surface area contributed by atoms with Crippen LogP contribution < -0.4 is 26.2 Å². The first-order chi connectivity index (χ1) is 20.9. The standard InChI is InChI=1S/C32H30FN5O6/c1-31(2,3)44-30(42)38-37-27(39)19-4-13-24-25(18-19)34-17-14-26(24)43-23-11-9-22(10-12-23)36-29(41)32(15-16-32)28(40)35-21-7-5-20(33)6-8-21/h4-14,17-18H,15-16H2,1-3H3,(H,35,40)(H,36,41)(H,37,39)(H,38,42). The van der Waals surface area contributed by atoms with E-state index in [1.165, 1.54) is 24.3 Å². The van der Waals surface area contributed by atoms with E-state index < -0.39 is 40.6 Å². The van der Waals surface area contributed by atoms with Crippen molar-refractivity contribution in [3.63, 3.8) is 0 Å². The molecule has 0 spiro atoms. The Balaban J connectivity index is 1.20. The summed E-state index contributed by atoms with van der Waals surface area (Å²) in [5.41, 5.74) is 4.27. The van der Waals surface area contributed by atoms with Gasteiger partial charge in [0.2, 0.25) is 11.8 Å². The minimum Gasteiger partial charge on any atom is -0.457 e. The number of rotatable bonds is 7. The highest BCUT2D eigenvalue weighted by molar-refractivity contribution is 6.16. The predicted molar refractivity (Wildman–Crippen MR) is 160 cm³/mol. The number of benzene rings is 3. The minimum absolute atomic E-state index is 0.262. The van der Waals surface area contributed by atoms with Crippen LogP contribution >= 0.6 is 0 Å². The highest BCUT2D eigenvalue weighted by atomic mass is 19.1. The maximum Gasteiger partial charge on any atom is 0.426 e. The van der Waals surface area contributed by atoms with E-state index >= 15 is 0 Å². The highest BCUT2D eigenvalue weighted by Gasteiger charge is 2.56. The Bertz CT molecular complexity index is 1730. The van der Waals surface area contributed by atoms with Crippen molar-refractivity contribution >= 4 is 46.1 Å². The molecule has 0 aliphatic heterocycles. The van der Waals surface area contributed by atoms with Crippen molar-refractivity contribution in [2.24, 2.45) is 5.41 Å². The summed E-state index contributed by atoms with van der Waals surface area (Å²) in [6.45, 7) is 5.13. The van der Waals surface area contributed by atoms with Crippen LogP contribution in [0.4, 0.5) is 20.6 Å². The summed E-state index contributed by atoms with van der Waals surface area (Å²) in [6.07, 6.45) is 1.57. The number of hydrazine groups is 1. The lowest BCUT2D eigenvalue weighted by molar-refractivity contribution is -0.131. The molecule has 11 nitrogen and oxygen atoms in total. The number of carbonyl (C=O) groups is 4. The van der Waals surface area contributed by atoms with Crippen molar-refractivity contribution in [1.29, 1.82) is 0 Å². The van der Waals surface area contributed by atoms with Crippen LogP contribution in [-0.2, 0) is 14.3 Å². The molecule has 0 radical (unpaired) electrons. The van der Waals surface area contributed by atoms with Gasteiger partial charge in [-0.3, -0.25) is 24.8 Å². The average molecular weight is 600 g/mol. The summed E-state index contributed by atoms with van der Waals surface area (Å²) >= 11 is 0. The van der Waals surface area contributed by atoms with Gasteiger partial charge < -0.3 is 20.1 Å². The van der Waals surface area contributed by atoms with Crippen LogP contribution in [0.3, 0.4) is 0 Å². The molecule has 3 aromatic carbocycles. The van der Waals surface area contributed by atoms with E-state index in [4.69, 9.17) is 9.47 Å². The first-order valence-corrected chi connectivity index (χ1v) is 13.8. The van der Waals surface area contributed by atoms with Gasteiger partial charge in [0.05, 0.1) is 5.52 Å². The third-order valence-corrected chi connectivity index (χ3v) is 6.70. The first kappa shape index (κ1) is 30.0. The number of hydrogen-bond donors (Lipinski definition) is 4. The second-order valence-electron chi connectivity index (χ2n) is 11.2. The number of ether oxygens (including phenoxy) is 2. The summed E-state index contributed by atoms with van der Waals surface area (Å²) in [5.74, 6) is -0.868. The number of nitrogens with zero attached hydrogens (tertiary/aromatic N) is 1. The molecular weight excluding hydrogens is 569 g/mol. The Hall–Kier alpha value is -5.52. The molecule has 1 heterocycles. The minimum atomic E-state index is -1.18. The van der Waals surface area contributed by atoms with Gasteiger partial charge in [0.25, 0.3) is 5.91 Å². The Kier molecular flexibility index (Phi) is 8.17. The van der Waals surface area contributed by atoms with Crippen molar-refractivity contribution in [2.75, 3.05) is 10.6 Å². The quantitative estimate of drug-likeness (QED) is 0.158. The van der Waals surface area contributed by atoms with Gasteiger partial charge in [0, 0.05) is 28.5 Å². The van der Waals surface area contributed by atoms with Crippen LogP contribution in [0.2, 0.25) is 0 Å². The topological polar surface area (TPSA) is 148 Å². The Morgan fingerprint density at radius 2 is 1.43 bits per heavy atom. The molecule has 1 fully saturated rings. The van der Waals surface area contributed by atoms with Crippen LogP contribution in [0.25, 0.3) is 10.9 Å². The molecule has 0 bridgehead atoms. The van der Waals surface area contributed by atoms with Gasteiger partial charge in [-0.25, -0.2) is 14.6 Å². The number of pyridine rings is 1. The normalized spacial score (nSPS) is 13.4. The molecule has 1 aliphatic carbocycles. The van der Waals surface area contributed by atoms with Crippen molar-refractivity contribution in [3.8, 4) is 11.5 Å².